The molecule has 3 aliphatic rings. The Balaban J connectivity index is 1.42. The van der Waals surface area contributed by atoms with Crippen LogP contribution >= 0.6 is 0 Å². The third kappa shape index (κ3) is 2.86. The van der Waals surface area contributed by atoms with Crippen LogP contribution in [0.25, 0.3) is 0 Å². The number of hydrogen-bond donors (Lipinski definition) is 2. The van der Waals surface area contributed by atoms with Crippen molar-refractivity contribution in [3.05, 3.63) is 0 Å². The lowest BCUT2D eigenvalue weighted by atomic mass is 9.85. The van der Waals surface area contributed by atoms with Gasteiger partial charge in [0.05, 0.1) is 6.61 Å². The smallest absolute Gasteiger partial charge is 0.250 e. The molecule has 0 aromatic rings. The van der Waals surface area contributed by atoms with Gasteiger partial charge in [0.15, 0.2) is 0 Å². The molecule has 1 amide bonds. The van der Waals surface area contributed by atoms with Gasteiger partial charge in [0.2, 0.25) is 0 Å². The predicted octanol–water partition coefficient (Wildman–Crippen LogP) is 1.06. The van der Waals surface area contributed by atoms with Crippen LogP contribution in [-0.4, -0.2) is 37.7 Å². The average Bonchev–Trinajstić information content (AvgIpc) is 3.20. The minimum Gasteiger partial charge on any atom is -0.366 e. The molecule has 1 heterocycles. The molecule has 3 rings (SSSR count). The first kappa shape index (κ1) is 12.4. The highest BCUT2D eigenvalue weighted by molar-refractivity contribution is 5.81. The summed E-state index contributed by atoms with van der Waals surface area (Å²) in [5.41, 5.74) is 0. The highest BCUT2D eigenvalue weighted by Gasteiger charge is 2.44. The van der Waals surface area contributed by atoms with Crippen molar-refractivity contribution in [2.45, 2.75) is 50.7 Å². The summed E-state index contributed by atoms with van der Waals surface area (Å²) >= 11 is 0. The lowest BCUT2D eigenvalue weighted by Crippen LogP contribution is -2.48. The monoisotopic (exact) mass is 252 g/mol. The minimum atomic E-state index is -0.272. The van der Waals surface area contributed by atoms with Gasteiger partial charge in [-0.2, -0.15) is 0 Å². The van der Waals surface area contributed by atoms with Gasteiger partial charge >= 0.3 is 0 Å². The molecule has 3 atom stereocenters. The van der Waals surface area contributed by atoms with E-state index in [1.165, 1.54) is 38.5 Å². The van der Waals surface area contributed by atoms with E-state index in [2.05, 4.69) is 10.6 Å². The lowest BCUT2D eigenvalue weighted by molar-refractivity contribution is -0.134. The van der Waals surface area contributed by atoms with E-state index in [1.807, 2.05) is 0 Å². The molecule has 18 heavy (non-hydrogen) atoms. The Morgan fingerprint density at radius 3 is 2.78 bits per heavy atom. The topological polar surface area (TPSA) is 50.4 Å². The van der Waals surface area contributed by atoms with Crippen LogP contribution in [-0.2, 0) is 9.53 Å². The van der Waals surface area contributed by atoms with E-state index in [4.69, 9.17) is 4.74 Å². The van der Waals surface area contributed by atoms with E-state index in [0.717, 1.165) is 18.4 Å². The second kappa shape index (κ2) is 5.57. The minimum absolute atomic E-state index is 0.0884. The fourth-order valence-electron chi connectivity index (χ4n) is 3.47. The largest absolute Gasteiger partial charge is 0.366 e. The van der Waals surface area contributed by atoms with E-state index in [0.29, 0.717) is 19.2 Å². The number of nitrogens with one attached hydrogen (secondary N) is 2. The molecule has 4 heteroatoms. The van der Waals surface area contributed by atoms with Crippen LogP contribution in [0.5, 0.6) is 0 Å². The molecule has 0 radical (unpaired) electrons. The van der Waals surface area contributed by atoms with Crippen molar-refractivity contribution >= 4 is 5.91 Å². The van der Waals surface area contributed by atoms with Gasteiger partial charge in [-0.25, -0.2) is 0 Å². The molecule has 1 saturated heterocycles. The molecule has 0 bridgehead atoms. The van der Waals surface area contributed by atoms with Gasteiger partial charge in [0.1, 0.15) is 6.10 Å². The number of carbonyl (C=O) groups excluding carboxylic acids is 1. The fourth-order valence-corrected chi connectivity index (χ4v) is 3.47. The summed E-state index contributed by atoms with van der Waals surface area (Å²) in [6.45, 7) is 2.17. The molecule has 0 aromatic carbocycles. The quantitative estimate of drug-likeness (QED) is 0.789. The van der Waals surface area contributed by atoms with Crippen LogP contribution in [0, 0.1) is 11.8 Å². The molecule has 4 nitrogen and oxygen atoms in total. The number of amides is 1. The Bertz CT molecular complexity index is 296. The van der Waals surface area contributed by atoms with Gasteiger partial charge in [-0.1, -0.05) is 32.1 Å². The van der Waals surface area contributed by atoms with E-state index in [1.54, 1.807) is 0 Å². The zero-order chi connectivity index (χ0) is 12.4. The van der Waals surface area contributed by atoms with Crippen molar-refractivity contribution in [1.82, 2.24) is 10.6 Å². The van der Waals surface area contributed by atoms with Crippen LogP contribution in [0.4, 0.5) is 0 Å². The molecule has 3 fully saturated rings. The van der Waals surface area contributed by atoms with E-state index in [9.17, 15) is 4.79 Å². The van der Waals surface area contributed by atoms with Crippen molar-refractivity contribution in [1.29, 1.82) is 0 Å². The molecular formula is C14H24N2O2. The van der Waals surface area contributed by atoms with Gasteiger partial charge in [0.25, 0.3) is 5.91 Å². The van der Waals surface area contributed by atoms with Crippen molar-refractivity contribution in [2.24, 2.45) is 11.8 Å². The number of rotatable bonds is 3. The summed E-state index contributed by atoms with van der Waals surface area (Å²) in [7, 11) is 0. The van der Waals surface area contributed by atoms with Gasteiger partial charge in [-0.05, 0) is 18.3 Å². The van der Waals surface area contributed by atoms with Crippen LogP contribution in [0.1, 0.15) is 38.5 Å². The van der Waals surface area contributed by atoms with E-state index < -0.39 is 0 Å². The van der Waals surface area contributed by atoms with Crippen LogP contribution in [0.15, 0.2) is 0 Å². The molecule has 0 spiro atoms. The van der Waals surface area contributed by atoms with Crippen molar-refractivity contribution < 1.29 is 9.53 Å². The van der Waals surface area contributed by atoms with Crippen LogP contribution in [0.3, 0.4) is 0 Å². The van der Waals surface area contributed by atoms with Crippen LogP contribution in [0.2, 0.25) is 0 Å². The number of ether oxygens (including phenoxy) is 1. The highest BCUT2D eigenvalue weighted by atomic mass is 16.5. The van der Waals surface area contributed by atoms with Crippen LogP contribution < -0.4 is 10.6 Å². The summed E-state index contributed by atoms with van der Waals surface area (Å²) in [5, 5.41) is 6.37. The van der Waals surface area contributed by atoms with Gasteiger partial charge in [-0.3, -0.25) is 4.79 Å². The molecule has 0 aromatic heterocycles. The van der Waals surface area contributed by atoms with Crippen molar-refractivity contribution in [2.75, 3.05) is 19.7 Å². The maximum atomic E-state index is 12.0. The molecule has 2 saturated carbocycles. The maximum Gasteiger partial charge on any atom is 0.250 e. The Kier molecular flexibility index (Phi) is 3.85. The zero-order valence-electron chi connectivity index (χ0n) is 11.0. The average molecular weight is 252 g/mol. The maximum absolute atomic E-state index is 12.0. The first-order chi connectivity index (χ1) is 8.84. The lowest BCUT2D eigenvalue weighted by Gasteiger charge is -2.24. The van der Waals surface area contributed by atoms with Crippen molar-refractivity contribution in [3.63, 3.8) is 0 Å². The van der Waals surface area contributed by atoms with Gasteiger partial charge < -0.3 is 15.4 Å². The Morgan fingerprint density at radius 2 is 2.06 bits per heavy atom. The van der Waals surface area contributed by atoms with E-state index in [-0.39, 0.29) is 12.0 Å². The Hall–Kier alpha value is -0.610. The normalized spacial score (nSPS) is 37.2. The number of carbonyl (C=O) groups is 1. The molecule has 2 N–H and O–H groups in total. The van der Waals surface area contributed by atoms with E-state index >= 15 is 0 Å². The summed E-state index contributed by atoms with van der Waals surface area (Å²) in [4.78, 5) is 12.0. The first-order valence-corrected chi connectivity index (χ1v) is 7.47. The molecule has 102 valence electrons. The summed E-state index contributed by atoms with van der Waals surface area (Å²) in [5.74, 6) is 1.71. The van der Waals surface area contributed by atoms with Gasteiger partial charge in [-0.15, -0.1) is 0 Å². The van der Waals surface area contributed by atoms with Crippen molar-refractivity contribution in [3.8, 4) is 0 Å². The second-order valence-corrected chi connectivity index (χ2v) is 5.98. The highest BCUT2D eigenvalue weighted by Crippen LogP contribution is 2.44. The summed E-state index contributed by atoms with van der Waals surface area (Å²) < 4.78 is 5.47. The fraction of sp³-hybridized carbons (Fsp3) is 0.929. The predicted molar refractivity (Wildman–Crippen MR) is 69.2 cm³/mol. The molecule has 3 unspecified atom stereocenters. The zero-order valence-corrected chi connectivity index (χ0v) is 11.0. The Labute approximate surface area is 109 Å². The third-order valence-electron chi connectivity index (χ3n) is 4.64. The molecule has 1 aliphatic heterocycles. The third-order valence-corrected chi connectivity index (χ3v) is 4.64. The Morgan fingerprint density at radius 1 is 1.22 bits per heavy atom. The summed E-state index contributed by atoms with van der Waals surface area (Å²) in [6, 6.07) is 0.436. The van der Waals surface area contributed by atoms with Gasteiger partial charge in [0, 0.05) is 19.1 Å². The first-order valence-electron chi connectivity index (χ1n) is 7.47. The number of morpholine rings is 1. The SMILES string of the molecule is O=C(NC1CC1C1CCCCC1)C1CNCCO1. The standard InChI is InChI=1S/C14H24N2O2/c17-14(13-9-15-6-7-18-13)16-12-8-11(12)10-4-2-1-3-5-10/h10-13,15H,1-9H2,(H,16,17). The molecular weight excluding hydrogens is 228 g/mol. The second-order valence-electron chi connectivity index (χ2n) is 5.98. The number of hydrogen-bond acceptors (Lipinski definition) is 3. The summed E-state index contributed by atoms with van der Waals surface area (Å²) in [6.07, 6.45) is 7.84. The molecule has 2 aliphatic carbocycles.